The maximum atomic E-state index is 6.19. The van der Waals surface area contributed by atoms with Gasteiger partial charge < -0.3 is 4.42 Å². The fourth-order valence-corrected chi connectivity index (χ4v) is 3.26. The fraction of sp³-hybridized carbons (Fsp3) is 0. The predicted octanol–water partition coefficient (Wildman–Crippen LogP) is 7.51. The van der Waals surface area contributed by atoms with Crippen LogP contribution in [0.4, 0.5) is 0 Å². The Morgan fingerprint density at radius 3 is 1.95 bits per heavy atom. The van der Waals surface area contributed by atoms with Gasteiger partial charge in [0, 0.05) is 10.8 Å². The Balaban J connectivity index is 2.66. The smallest absolute Gasteiger partial charge is 0.155 e. The lowest BCUT2D eigenvalue weighted by molar-refractivity contribution is 0.669. The van der Waals surface area contributed by atoms with Gasteiger partial charge in [-0.15, -0.1) is 0 Å². The molecule has 0 aliphatic carbocycles. The first-order valence-corrected chi connectivity index (χ1v) is 7.21. The highest BCUT2D eigenvalue weighted by Crippen LogP contribution is 2.46. The van der Waals surface area contributed by atoms with Crippen LogP contribution in [-0.4, -0.2) is 0 Å². The van der Waals surface area contributed by atoms with E-state index in [-0.39, 0.29) is 10.0 Å². The summed E-state index contributed by atoms with van der Waals surface area (Å²) in [7, 11) is 0. The van der Waals surface area contributed by atoms with Crippen LogP contribution in [-0.2, 0) is 0 Å². The molecule has 98 valence electrons. The standard InChI is InChI=1S/C12H2Cl6O/c13-4-1-3-7-8(16)5(14)2-6(15)12(7)19-11(3)10(18)9(4)17/h1-2H. The summed E-state index contributed by atoms with van der Waals surface area (Å²) in [5, 5.41) is 2.89. The molecule has 0 spiro atoms. The molecule has 0 saturated carbocycles. The van der Waals surface area contributed by atoms with Crippen LogP contribution in [0.2, 0.25) is 30.1 Å². The zero-order valence-electron chi connectivity index (χ0n) is 8.83. The van der Waals surface area contributed by atoms with Crippen LogP contribution in [0, 0.1) is 0 Å². The first-order chi connectivity index (χ1) is 8.91. The van der Waals surface area contributed by atoms with Gasteiger partial charge in [0.1, 0.15) is 5.02 Å². The Kier molecular flexibility index (Phi) is 3.50. The van der Waals surface area contributed by atoms with Crippen molar-refractivity contribution in [2.75, 3.05) is 0 Å². The molecule has 3 aromatic rings. The minimum absolute atomic E-state index is 0.212. The molecule has 0 aliphatic rings. The summed E-state index contributed by atoms with van der Waals surface area (Å²) in [6, 6.07) is 3.13. The van der Waals surface area contributed by atoms with Gasteiger partial charge in [-0.3, -0.25) is 0 Å². The SMILES string of the molecule is Clc1cc2c(oc3c(Cl)cc(Cl)c(Cl)c32)c(Cl)c1Cl. The van der Waals surface area contributed by atoms with Crippen LogP contribution >= 0.6 is 69.6 Å². The molecule has 1 aromatic heterocycles. The quantitative estimate of drug-likeness (QED) is 0.293. The van der Waals surface area contributed by atoms with Crippen molar-refractivity contribution in [1.82, 2.24) is 0 Å². The number of rotatable bonds is 0. The third kappa shape index (κ3) is 1.99. The van der Waals surface area contributed by atoms with E-state index in [4.69, 9.17) is 74.0 Å². The average molecular weight is 375 g/mol. The number of fused-ring (bicyclic) bond motifs is 3. The molecule has 0 saturated heterocycles. The van der Waals surface area contributed by atoms with Gasteiger partial charge >= 0.3 is 0 Å². The van der Waals surface area contributed by atoms with Gasteiger partial charge in [0.05, 0.1) is 25.1 Å². The van der Waals surface area contributed by atoms with Crippen molar-refractivity contribution in [2.45, 2.75) is 0 Å². The molecule has 0 unspecified atom stereocenters. The summed E-state index contributed by atoms with van der Waals surface area (Å²) >= 11 is 36.4. The number of halogens is 6. The van der Waals surface area contributed by atoms with Crippen LogP contribution in [0.1, 0.15) is 0 Å². The van der Waals surface area contributed by atoms with Gasteiger partial charge in [0.2, 0.25) is 0 Å². The number of hydrogen-bond donors (Lipinski definition) is 0. The molecule has 7 heteroatoms. The molecule has 0 N–H and O–H groups in total. The second-order valence-corrected chi connectivity index (χ2v) is 6.18. The maximum absolute atomic E-state index is 6.19. The van der Waals surface area contributed by atoms with Crippen molar-refractivity contribution in [2.24, 2.45) is 0 Å². The third-order valence-corrected chi connectivity index (χ3v) is 5.03. The summed E-state index contributed by atoms with van der Waals surface area (Å²) in [5.74, 6) is 0. The van der Waals surface area contributed by atoms with E-state index in [2.05, 4.69) is 0 Å². The van der Waals surface area contributed by atoms with Crippen LogP contribution in [0.15, 0.2) is 16.5 Å². The lowest BCUT2D eigenvalue weighted by Gasteiger charge is -2.00. The van der Waals surface area contributed by atoms with Gasteiger partial charge in [-0.25, -0.2) is 0 Å². The first-order valence-electron chi connectivity index (χ1n) is 4.95. The summed E-state index contributed by atoms with van der Waals surface area (Å²) in [5.41, 5.74) is 0.767. The molecule has 0 atom stereocenters. The molecular formula is C12H2Cl6O. The van der Waals surface area contributed by atoms with Crippen molar-refractivity contribution in [1.29, 1.82) is 0 Å². The zero-order chi connectivity index (χ0) is 13.9. The minimum Gasteiger partial charge on any atom is -0.453 e. The highest BCUT2D eigenvalue weighted by molar-refractivity contribution is 6.52. The van der Waals surface area contributed by atoms with E-state index in [1.807, 2.05) is 0 Å². The number of hydrogen-bond acceptors (Lipinski definition) is 1. The van der Waals surface area contributed by atoms with E-state index in [1.54, 1.807) is 6.07 Å². The summed E-state index contributed by atoms with van der Waals surface area (Å²) in [6.07, 6.45) is 0. The Labute approximate surface area is 137 Å². The molecule has 0 fully saturated rings. The predicted molar refractivity (Wildman–Crippen MR) is 83.8 cm³/mol. The summed E-state index contributed by atoms with van der Waals surface area (Å²) < 4.78 is 5.64. The topological polar surface area (TPSA) is 13.1 Å². The first kappa shape index (κ1) is 13.9. The second kappa shape index (κ2) is 4.77. The summed E-state index contributed by atoms with van der Waals surface area (Å²) in [6.45, 7) is 0. The Bertz CT molecular complexity index is 836. The Morgan fingerprint density at radius 2 is 1.26 bits per heavy atom. The van der Waals surface area contributed by atoms with E-state index in [0.717, 1.165) is 0 Å². The van der Waals surface area contributed by atoms with Crippen LogP contribution < -0.4 is 0 Å². The molecular weight excluding hydrogens is 373 g/mol. The van der Waals surface area contributed by atoms with E-state index in [1.165, 1.54) is 6.07 Å². The molecule has 1 nitrogen and oxygen atoms in total. The average Bonchev–Trinajstić information content (AvgIpc) is 2.73. The highest BCUT2D eigenvalue weighted by Gasteiger charge is 2.20. The van der Waals surface area contributed by atoms with E-state index >= 15 is 0 Å². The highest BCUT2D eigenvalue weighted by atomic mass is 35.5. The molecule has 0 bridgehead atoms. The Hall–Kier alpha value is -0.0200. The molecule has 0 radical (unpaired) electrons. The number of furan rings is 1. The van der Waals surface area contributed by atoms with Crippen LogP contribution in [0.3, 0.4) is 0 Å². The van der Waals surface area contributed by atoms with Crippen LogP contribution in [0.5, 0.6) is 0 Å². The molecule has 1 heterocycles. The van der Waals surface area contributed by atoms with Crippen molar-refractivity contribution in [3.05, 3.63) is 42.3 Å². The van der Waals surface area contributed by atoms with E-state index in [0.29, 0.717) is 42.0 Å². The Morgan fingerprint density at radius 1 is 0.632 bits per heavy atom. The van der Waals surface area contributed by atoms with Crippen molar-refractivity contribution in [3.63, 3.8) is 0 Å². The fourth-order valence-electron chi connectivity index (χ4n) is 1.88. The number of benzene rings is 2. The van der Waals surface area contributed by atoms with Gasteiger partial charge in [-0.2, -0.15) is 0 Å². The second-order valence-electron chi connectivity index (χ2n) is 3.82. The lowest BCUT2D eigenvalue weighted by Crippen LogP contribution is -1.76. The van der Waals surface area contributed by atoms with Crippen molar-refractivity contribution in [3.8, 4) is 0 Å². The van der Waals surface area contributed by atoms with Gasteiger partial charge in [-0.05, 0) is 12.1 Å². The maximum Gasteiger partial charge on any atom is 0.155 e. The van der Waals surface area contributed by atoms with Gasteiger partial charge in [0.25, 0.3) is 0 Å². The summed E-state index contributed by atoms with van der Waals surface area (Å²) in [4.78, 5) is 0. The minimum atomic E-state index is 0.212. The van der Waals surface area contributed by atoms with E-state index < -0.39 is 0 Å². The van der Waals surface area contributed by atoms with Crippen molar-refractivity contribution >= 4 is 91.5 Å². The van der Waals surface area contributed by atoms with Gasteiger partial charge in [-0.1, -0.05) is 69.6 Å². The van der Waals surface area contributed by atoms with Crippen LogP contribution in [0.25, 0.3) is 21.9 Å². The van der Waals surface area contributed by atoms with Crippen molar-refractivity contribution < 1.29 is 4.42 Å². The van der Waals surface area contributed by atoms with Gasteiger partial charge in [0.15, 0.2) is 11.2 Å². The molecule has 0 aliphatic heterocycles. The molecule has 2 aromatic carbocycles. The zero-order valence-corrected chi connectivity index (χ0v) is 13.4. The van der Waals surface area contributed by atoms with E-state index in [9.17, 15) is 0 Å². The largest absolute Gasteiger partial charge is 0.453 e. The molecule has 19 heavy (non-hydrogen) atoms. The normalized spacial score (nSPS) is 11.7. The lowest BCUT2D eigenvalue weighted by atomic mass is 10.1. The third-order valence-electron chi connectivity index (χ3n) is 2.72. The monoisotopic (exact) mass is 372 g/mol. The molecule has 0 amide bonds. The molecule has 3 rings (SSSR count).